The molecule has 0 saturated carbocycles. The van der Waals surface area contributed by atoms with Gasteiger partial charge in [-0.15, -0.1) is 0 Å². The number of hydrogen-bond donors (Lipinski definition) is 1. The molecule has 1 unspecified atom stereocenters. The fourth-order valence-corrected chi connectivity index (χ4v) is 1.51. The van der Waals surface area contributed by atoms with Gasteiger partial charge in [0, 0.05) is 20.2 Å². The Bertz CT molecular complexity index is 210. The molecule has 0 rings (SSSR count). The Hall–Kier alpha value is -0.650. The molecule has 1 N–H and O–H groups in total. The summed E-state index contributed by atoms with van der Waals surface area (Å²) in [6.07, 6.45) is 0.985. The molecule has 1 amide bonds. The molecule has 102 valence electrons. The summed E-state index contributed by atoms with van der Waals surface area (Å²) in [5, 5.41) is 2.98. The number of nitrogens with zero attached hydrogens (tertiary/aromatic N) is 2. The number of carbonyl (C=O) groups excluding carboxylic acids is 1. The number of nitrogens with one attached hydrogen (secondary N) is 1. The molecule has 17 heavy (non-hydrogen) atoms. The van der Waals surface area contributed by atoms with Gasteiger partial charge in [-0.25, -0.2) is 0 Å². The van der Waals surface area contributed by atoms with Crippen LogP contribution in [0.5, 0.6) is 0 Å². The Balaban J connectivity index is 4.16. The number of likely N-dealkylation sites (N-methyl/N-ethyl adjacent to an activating group) is 1. The van der Waals surface area contributed by atoms with E-state index in [-0.39, 0.29) is 11.9 Å². The quantitative estimate of drug-likeness (QED) is 0.622. The number of rotatable bonds is 9. The number of carbonyl (C=O) groups is 1. The molecular formula is C12H27N3O2. The van der Waals surface area contributed by atoms with E-state index in [1.807, 2.05) is 25.9 Å². The molecule has 0 radical (unpaired) electrons. The first-order valence-electron chi connectivity index (χ1n) is 6.12. The molecule has 0 saturated heterocycles. The van der Waals surface area contributed by atoms with Crippen LogP contribution in [0, 0.1) is 0 Å². The van der Waals surface area contributed by atoms with Crippen molar-refractivity contribution >= 4 is 5.91 Å². The second-order valence-corrected chi connectivity index (χ2v) is 4.49. The third-order valence-electron chi connectivity index (χ3n) is 2.71. The van der Waals surface area contributed by atoms with Gasteiger partial charge < -0.3 is 19.9 Å². The Morgan fingerprint density at radius 1 is 1.29 bits per heavy atom. The van der Waals surface area contributed by atoms with Crippen LogP contribution in [-0.4, -0.2) is 76.2 Å². The van der Waals surface area contributed by atoms with E-state index in [0.29, 0.717) is 13.2 Å². The first-order chi connectivity index (χ1) is 8.02. The van der Waals surface area contributed by atoms with E-state index in [2.05, 4.69) is 10.2 Å². The van der Waals surface area contributed by atoms with Crippen molar-refractivity contribution < 1.29 is 9.53 Å². The van der Waals surface area contributed by atoms with Crippen LogP contribution in [-0.2, 0) is 9.53 Å². The number of hydrogen-bond acceptors (Lipinski definition) is 4. The Morgan fingerprint density at radius 2 is 1.94 bits per heavy atom. The molecule has 0 aromatic heterocycles. The zero-order valence-electron chi connectivity index (χ0n) is 11.8. The minimum Gasteiger partial charge on any atom is -0.383 e. The average Bonchev–Trinajstić information content (AvgIpc) is 2.31. The zero-order valence-corrected chi connectivity index (χ0v) is 11.8. The molecule has 0 heterocycles. The van der Waals surface area contributed by atoms with Crippen LogP contribution in [0.3, 0.4) is 0 Å². The monoisotopic (exact) mass is 245 g/mol. The maximum absolute atomic E-state index is 12.1. The van der Waals surface area contributed by atoms with Gasteiger partial charge in [-0.1, -0.05) is 0 Å². The lowest BCUT2D eigenvalue weighted by molar-refractivity contribution is -0.133. The lowest BCUT2D eigenvalue weighted by Gasteiger charge is -2.26. The standard InChI is InChI=1S/C12H27N3O2/c1-11(13-2)12(16)15(9-10-17-5)8-6-7-14(3)4/h11,13H,6-10H2,1-5H3. The lowest BCUT2D eigenvalue weighted by Crippen LogP contribution is -2.45. The Morgan fingerprint density at radius 3 is 2.41 bits per heavy atom. The Kier molecular flexibility index (Phi) is 9.03. The van der Waals surface area contributed by atoms with Crippen molar-refractivity contribution in [3.05, 3.63) is 0 Å². The summed E-state index contributed by atoms with van der Waals surface area (Å²) in [5.74, 6) is 0.142. The van der Waals surface area contributed by atoms with E-state index >= 15 is 0 Å². The SMILES string of the molecule is CNC(C)C(=O)N(CCCN(C)C)CCOC. The second-order valence-electron chi connectivity index (χ2n) is 4.49. The van der Waals surface area contributed by atoms with Crippen molar-refractivity contribution in [1.29, 1.82) is 0 Å². The smallest absolute Gasteiger partial charge is 0.239 e. The summed E-state index contributed by atoms with van der Waals surface area (Å²) in [7, 11) is 7.54. The van der Waals surface area contributed by atoms with E-state index in [1.54, 1.807) is 14.2 Å². The average molecular weight is 245 g/mol. The molecule has 0 bridgehead atoms. The predicted octanol–water partition coefficient (Wildman–Crippen LogP) is 0.0210. The molecule has 0 aliphatic heterocycles. The van der Waals surface area contributed by atoms with Gasteiger partial charge in [0.2, 0.25) is 5.91 Å². The van der Waals surface area contributed by atoms with Crippen LogP contribution in [0.15, 0.2) is 0 Å². The van der Waals surface area contributed by atoms with Crippen molar-refractivity contribution in [3.63, 3.8) is 0 Å². The first kappa shape index (κ1) is 16.4. The molecule has 0 aliphatic rings. The highest BCUT2D eigenvalue weighted by Crippen LogP contribution is 1.98. The van der Waals surface area contributed by atoms with Crippen LogP contribution in [0.2, 0.25) is 0 Å². The van der Waals surface area contributed by atoms with Gasteiger partial charge in [0.05, 0.1) is 12.6 Å². The maximum atomic E-state index is 12.1. The number of ether oxygens (including phenoxy) is 1. The molecule has 0 aromatic rings. The summed E-state index contributed by atoms with van der Waals surface area (Å²) in [4.78, 5) is 16.0. The fourth-order valence-electron chi connectivity index (χ4n) is 1.51. The third-order valence-corrected chi connectivity index (χ3v) is 2.71. The van der Waals surface area contributed by atoms with Crippen LogP contribution < -0.4 is 5.32 Å². The molecular weight excluding hydrogens is 218 g/mol. The van der Waals surface area contributed by atoms with Gasteiger partial charge in [-0.05, 0) is 41.0 Å². The van der Waals surface area contributed by atoms with Crippen molar-refractivity contribution in [2.45, 2.75) is 19.4 Å². The van der Waals surface area contributed by atoms with E-state index in [9.17, 15) is 4.79 Å². The number of amides is 1. The van der Waals surface area contributed by atoms with Gasteiger partial charge >= 0.3 is 0 Å². The number of methoxy groups -OCH3 is 1. The summed E-state index contributed by atoms with van der Waals surface area (Å²) in [6, 6.07) is -0.133. The summed E-state index contributed by atoms with van der Waals surface area (Å²) in [5.41, 5.74) is 0. The first-order valence-corrected chi connectivity index (χ1v) is 6.12. The van der Waals surface area contributed by atoms with Gasteiger partial charge in [-0.3, -0.25) is 4.79 Å². The van der Waals surface area contributed by atoms with Crippen LogP contribution >= 0.6 is 0 Å². The summed E-state index contributed by atoms with van der Waals surface area (Å²) >= 11 is 0. The van der Waals surface area contributed by atoms with Gasteiger partial charge in [0.1, 0.15) is 0 Å². The highest BCUT2D eigenvalue weighted by Gasteiger charge is 2.18. The molecule has 0 spiro atoms. The predicted molar refractivity (Wildman–Crippen MR) is 70.1 cm³/mol. The molecule has 0 aromatic carbocycles. The normalized spacial score (nSPS) is 12.8. The van der Waals surface area contributed by atoms with E-state index < -0.39 is 0 Å². The molecule has 5 nitrogen and oxygen atoms in total. The topological polar surface area (TPSA) is 44.8 Å². The molecule has 1 atom stereocenters. The highest BCUT2D eigenvalue weighted by atomic mass is 16.5. The van der Waals surface area contributed by atoms with Crippen molar-refractivity contribution in [1.82, 2.24) is 15.1 Å². The van der Waals surface area contributed by atoms with Crippen molar-refractivity contribution in [2.75, 3.05) is 54.5 Å². The zero-order chi connectivity index (χ0) is 13.3. The van der Waals surface area contributed by atoms with Crippen LogP contribution in [0.4, 0.5) is 0 Å². The lowest BCUT2D eigenvalue weighted by atomic mass is 10.2. The molecule has 0 aliphatic carbocycles. The van der Waals surface area contributed by atoms with Gasteiger partial charge in [0.25, 0.3) is 0 Å². The minimum atomic E-state index is -0.133. The summed E-state index contributed by atoms with van der Waals surface area (Å²) in [6.45, 7) is 4.91. The van der Waals surface area contributed by atoms with E-state index in [4.69, 9.17) is 4.74 Å². The largest absolute Gasteiger partial charge is 0.383 e. The van der Waals surface area contributed by atoms with E-state index in [1.165, 1.54) is 0 Å². The van der Waals surface area contributed by atoms with Gasteiger partial charge in [-0.2, -0.15) is 0 Å². The second kappa shape index (κ2) is 9.39. The van der Waals surface area contributed by atoms with Crippen LogP contribution in [0.25, 0.3) is 0 Å². The van der Waals surface area contributed by atoms with Crippen molar-refractivity contribution in [2.24, 2.45) is 0 Å². The minimum absolute atomic E-state index is 0.133. The third kappa shape index (κ3) is 7.31. The van der Waals surface area contributed by atoms with Gasteiger partial charge in [0.15, 0.2) is 0 Å². The highest BCUT2D eigenvalue weighted by molar-refractivity contribution is 5.81. The Labute approximate surface area is 105 Å². The van der Waals surface area contributed by atoms with E-state index in [0.717, 1.165) is 19.5 Å². The van der Waals surface area contributed by atoms with Crippen LogP contribution in [0.1, 0.15) is 13.3 Å². The molecule has 0 fully saturated rings. The fraction of sp³-hybridized carbons (Fsp3) is 0.917. The maximum Gasteiger partial charge on any atom is 0.239 e. The van der Waals surface area contributed by atoms with Crippen molar-refractivity contribution in [3.8, 4) is 0 Å². The molecule has 5 heteroatoms. The summed E-state index contributed by atoms with van der Waals surface area (Å²) < 4.78 is 5.04.